The number of fused-ring (bicyclic) bond motifs is 1. The Morgan fingerprint density at radius 2 is 1.84 bits per heavy atom. The van der Waals surface area contributed by atoms with Gasteiger partial charge in [0, 0.05) is 44.1 Å². The minimum absolute atomic E-state index is 0.0805. The first-order valence-corrected chi connectivity index (χ1v) is 17.3. The Morgan fingerprint density at radius 3 is 2.60 bits per heavy atom. The first-order chi connectivity index (χ1) is 21.5. The molecule has 0 saturated carbocycles. The fourth-order valence-corrected chi connectivity index (χ4v) is 7.81. The molecule has 0 saturated heterocycles. The summed E-state index contributed by atoms with van der Waals surface area (Å²) >= 11 is 24.1. The van der Waals surface area contributed by atoms with Gasteiger partial charge in [-0.25, -0.2) is 4.68 Å². The molecule has 1 aliphatic heterocycles. The van der Waals surface area contributed by atoms with E-state index in [2.05, 4.69) is 35.1 Å². The topological polar surface area (TPSA) is 78.3 Å². The number of hydrogen-bond acceptors (Lipinski definition) is 7. The number of benzene rings is 3. The second-order valence-electron chi connectivity index (χ2n) is 11.7. The molecule has 45 heavy (non-hydrogen) atoms. The minimum atomic E-state index is -0.516. The van der Waals surface area contributed by atoms with Gasteiger partial charge in [-0.05, 0) is 76.1 Å². The second kappa shape index (κ2) is 13.2. The Labute approximate surface area is 289 Å². The molecule has 2 heterocycles. The maximum Gasteiger partial charge on any atom is 0.227 e. The van der Waals surface area contributed by atoms with Gasteiger partial charge < -0.3 is 14.8 Å². The number of aromatic nitrogens is 3. The molecule has 0 radical (unpaired) electrons. The van der Waals surface area contributed by atoms with E-state index >= 15 is 0 Å². The van der Waals surface area contributed by atoms with Crippen molar-refractivity contribution in [2.75, 3.05) is 11.9 Å². The van der Waals surface area contributed by atoms with E-state index in [1.807, 2.05) is 49.4 Å². The van der Waals surface area contributed by atoms with E-state index < -0.39 is 6.04 Å². The molecule has 6 rings (SSSR count). The summed E-state index contributed by atoms with van der Waals surface area (Å²) in [5.41, 5.74) is 3.97. The standard InChI is InChI=1S/C33H30BrCl3N4O3S/c1-4-43-27-12-20(11-22(34)30(27)44-16-18-9-10-21(35)13-24(18)37)29-28-25(14-33(2,3)15-26(28)42)38-31-39-32(40-41(29)31)45-17-19-7-5-6-8-23(19)36/h5-13,29H,4,14-17H2,1-3H3,(H,38,39,40). The lowest BCUT2D eigenvalue weighted by molar-refractivity contribution is -0.118. The van der Waals surface area contributed by atoms with Crippen LogP contribution in [0.5, 0.6) is 11.5 Å². The third-order valence-corrected chi connectivity index (χ3v) is 10.1. The summed E-state index contributed by atoms with van der Waals surface area (Å²) in [6.07, 6.45) is 1.15. The van der Waals surface area contributed by atoms with E-state index in [1.54, 1.807) is 16.8 Å². The summed E-state index contributed by atoms with van der Waals surface area (Å²) in [6.45, 7) is 6.76. The zero-order chi connectivity index (χ0) is 31.9. The summed E-state index contributed by atoms with van der Waals surface area (Å²) in [5, 5.41) is 10.7. The maximum absolute atomic E-state index is 13.8. The minimum Gasteiger partial charge on any atom is -0.490 e. The number of thioether (sulfide) groups is 1. The van der Waals surface area contributed by atoms with Crippen LogP contribution in [0.2, 0.25) is 15.1 Å². The molecule has 4 aromatic rings. The van der Waals surface area contributed by atoms with Crippen molar-refractivity contribution in [2.24, 2.45) is 5.41 Å². The molecular weight excluding hydrogens is 719 g/mol. The number of carbonyl (C=O) groups is 1. The van der Waals surface area contributed by atoms with Crippen molar-refractivity contribution < 1.29 is 14.3 Å². The monoisotopic (exact) mass is 746 g/mol. The molecule has 3 aromatic carbocycles. The molecule has 1 unspecified atom stereocenters. The average Bonchev–Trinajstić information content (AvgIpc) is 3.38. The largest absolute Gasteiger partial charge is 0.490 e. The van der Waals surface area contributed by atoms with Crippen molar-refractivity contribution in [3.63, 3.8) is 0 Å². The maximum atomic E-state index is 13.8. The van der Waals surface area contributed by atoms with Gasteiger partial charge in [-0.3, -0.25) is 4.79 Å². The SMILES string of the molecule is CCOc1cc(C2C3=C(CC(C)(C)CC3=O)Nc3nc(SCc4ccccc4Cl)nn32)cc(Br)c1OCc1ccc(Cl)cc1Cl. The number of nitrogens with zero attached hydrogens (tertiary/aromatic N) is 3. The van der Waals surface area contributed by atoms with E-state index in [-0.39, 0.29) is 17.8 Å². The highest BCUT2D eigenvalue weighted by molar-refractivity contribution is 9.10. The van der Waals surface area contributed by atoms with E-state index in [0.29, 0.717) is 72.9 Å². The number of Topliss-reactive ketones (excluding diaryl/α,β-unsaturated/α-hetero) is 1. The van der Waals surface area contributed by atoms with E-state index in [4.69, 9.17) is 54.4 Å². The number of carbonyl (C=O) groups excluding carboxylic acids is 1. The molecule has 0 bridgehead atoms. The molecule has 12 heteroatoms. The highest BCUT2D eigenvalue weighted by Gasteiger charge is 2.42. The van der Waals surface area contributed by atoms with E-state index in [0.717, 1.165) is 22.4 Å². The van der Waals surface area contributed by atoms with Crippen LogP contribution in [-0.2, 0) is 17.2 Å². The number of hydrogen-bond donors (Lipinski definition) is 1. The van der Waals surface area contributed by atoms with Gasteiger partial charge >= 0.3 is 0 Å². The Bertz CT molecular complexity index is 1830. The second-order valence-corrected chi connectivity index (χ2v) is 14.7. The van der Waals surface area contributed by atoms with Crippen LogP contribution in [0, 0.1) is 5.41 Å². The van der Waals surface area contributed by atoms with Crippen LogP contribution in [0.4, 0.5) is 5.95 Å². The zero-order valence-electron chi connectivity index (χ0n) is 24.8. The Hall–Kier alpha value is -2.69. The molecule has 2 aliphatic rings. The van der Waals surface area contributed by atoms with E-state index in [9.17, 15) is 4.79 Å². The van der Waals surface area contributed by atoms with Gasteiger partial charge in [0.1, 0.15) is 12.6 Å². The van der Waals surface area contributed by atoms with Crippen LogP contribution in [0.15, 0.2) is 75.5 Å². The number of anilines is 1. The van der Waals surface area contributed by atoms with Crippen molar-refractivity contribution in [3.8, 4) is 11.5 Å². The summed E-state index contributed by atoms with van der Waals surface area (Å²) in [6, 6.07) is 16.4. The lowest BCUT2D eigenvalue weighted by Crippen LogP contribution is -2.36. The third kappa shape index (κ3) is 6.88. The van der Waals surface area contributed by atoms with Crippen LogP contribution in [-0.4, -0.2) is 27.2 Å². The van der Waals surface area contributed by atoms with Gasteiger partial charge in [0.2, 0.25) is 11.1 Å². The number of ketones is 1. The van der Waals surface area contributed by atoms with Gasteiger partial charge in [0.15, 0.2) is 17.3 Å². The Kier molecular flexibility index (Phi) is 9.46. The van der Waals surface area contributed by atoms with Crippen LogP contribution >= 0.6 is 62.5 Å². The normalized spacial score (nSPS) is 17.0. The third-order valence-electron chi connectivity index (χ3n) is 7.66. The van der Waals surface area contributed by atoms with Gasteiger partial charge in [-0.2, -0.15) is 4.98 Å². The lowest BCUT2D eigenvalue weighted by Gasteiger charge is -2.38. The van der Waals surface area contributed by atoms with Gasteiger partial charge in [0.25, 0.3) is 0 Å². The van der Waals surface area contributed by atoms with Crippen LogP contribution < -0.4 is 14.8 Å². The van der Waals surface area contributed by atoms with Gasteiger partial charge in [-0.15, -0.1) is 5.10 Å². The predicted octanol–water partition coefficient (Wildman–Crippen LogP) is 9.93. The molecule has 1 atom stereocenters. The van der Waals surface area contributed by atoms with Crippen molar-refractivity contribution in [1.29, 1.82) is 0 Å². The predicted molar refractivity (Wildman–Crippen MR) is 184 cm³/mol. The Morgan fingerprint density at radius 1 is 1.04 bits per heavy atom. The summed E-state index contributed by atoms with van der Waals surface area (Å²) in [7, 11) is 0. The fraction of sp³-hybridized carbons (Fsp3) is 0.303. The quantitative estimate of drug-likeness (QED) is 0.171. The molecule has 0 spiro atoms. The molecule has 1 aliphatic carbocycles. The Balaban J connectivity index is 1.39. The number of ether oxygens (including phenoxy) is 2. The molecule has 1 aromatic heterocycles. The molecule has 7 nitrogen and oxygen atoms in total. The van der Waals surface area contributed by atoms with Crippen LogP contribution in [0.1, 0.15) is 56.3 Å². The first kappa shape index (κ1) is 32.3. The van der Waals surface area contributed by atoms with Crippen molar-refractivity contribution in [2.45, 2.75) is 57.2 Å². The highest BCUT2D eigenvalue weighted by Crippen LogP contribution is 2.48. The first-order valence-electron chi connectivity index (χ1n) is 14.4. The molecule has 0 amide bonds. The van der Waals surface area contributed by atoms with Crippen LogP contribution in [0.3, 0.4) is 0 Å². The average molecular weight is 749 g/mol. The molecule has 234 valence electrons. The lowest BCUT2D eigenvalue weighted by atomic mass is 9.73. The zero-order valence-corrected chi connectivity index (χ0v) is 29.5. The fourth-order valence-electron chi connectivity index (χ4n) is 5.65. The smallest absolute Gasteiger partial charge is 0.227 e. The molecule has 0 fully saturated rings. The van der Waals surface area contributed by atoms with Gasteiger partial charge in [-0.1, -0.05) is 84.7 Å². The number of rotatable bonds is 9. The number of nitrogens with one attached hydrogen (secondary N) is 1. The number of allylic oxidation sites excluding steroid dienone is 2. The molecular formula is C33H30BrCl3N4O3S. The summed E-state index contributed by atoms with van der Waals surface area (Å²) in [4.78, 5) is 18.6. The van der Waals surface area contributed by atoms with Crippen molar-refractivity contribution in [3.05, 3.63) is 102 Å². The highest BCUT2D eigenvalue weighted by atomic mass is 79.9. The molecule has 1 N–H and O–H groups in total. The van der Waals surface area contributed by atoms with Gasteiger partial charge in [0.05, 0.1) is 11.1 Å². The summed E-state index contributed by atoms with van der Waals surface area (Å²) < 4.78 is 14.8. The summed E-state index contributed by atoms with van der Waals surface area (Å²) in [5.74, 6) is 2.33. The number of halogens is 4. The van der Waals surface area contributed by atoms with Crippen molar-refractivity contribution >= 4 is 74.2 Å². The van der Waals surface area contributed by atoms with Crippen molar-refractivity contribution in [1.82, 2.24) is 14.8 Å². The van der Waals surface area contributed by atoms with E-state index in [1.165, 1.54) is 11.8 Å². The van der Waals surface area contributed by atoms with Crippen LogP contribution in [0.25, 0.3) is 0 Å².